The lowest BCUT2D eigenvalue weighted by molar-refractivity contribution is -0.121. The Morgan fingerprint density at radius 1 is 1.19 bits per heavy atom. The van der Waals surface area contributed by atoms with Crippen molar-refractivity contribution in [3.63, 3.8) is 0 Å². The number of rotatable bonds is 8. The molecule has 1 heterocycles. The first kappa shape index (κ1) is 18.6. The van der Waals surface area contributed by atoms with E-state index in [1.165, 1.54) is 5.56 Å². The maximum atomic E-state index is 12.0. The molecule has 3 aromatic rings. The van der Waals surface area contributed by atoms with Crippen LogP contribution in [0, 0.1) is 6.92 Å². The van der Waals surface area contributed by atoms with Crippen LogP contribution in [0.2, 0.25) is 0 Å². The highest BCUT2D eigenvalue weighted by atomic mass is 16.5. The summed E-state index contributed by atoms with van der Waals surface area (Å²) in [4.78, 5) is 16.4. The fourth-order valence-corrected chi connectivity index (χ4v) is 2.73. The van der Waals surface area contributed by atoms with Crippen LogP contribution in [0.5, 0.6) is 5.75 Å². The van der Waals surface area contributed by atoms with E-state index >= 15 is 0 Å². The third kappa shape index (κ3) is 5.41. The first-order chi connectivity index (χ1) is 13.1. The summed E-state index contributed by atoms with van der Waals surface area (Å²) < 4.78 is 10.4. The summed E-state index contributed by atoms with van der Waals surface area (Å²) in [7, 11) is 1.62. The third-order valence-electron chi connectivity index (χ3n) is 4.18. The average Bonchev–Trinajstić information content (AvgIpc) is 3.15. The monoisotopic (exact) mass is 365 g/mol. The highest BCUT2D eigenvalue weighted by Crippen LogP contribution is 2.20. The zero-order valence-corrected chi connectivity index (χ0v) is 15.6. The number of ether oxygens (including phenoxy) is 1. The second-order valence-electron chi connectivity index (χ2n) is 6.36. The largest absolute Gasteiger partial charge is 0.497 e. The molecule has 0 bridgehead atoms. The highest BCUT2D eigenvalue weighted by Gasteiger charge is 2.10. The van der Waals surface area contributed by atoms with Gasteiger partial charge in [0.25, 0.3) is 0 Å². The van der Waals surface area contributed by atoms with Crippen LogP contribution in [0.25, 0.3) is 11.4 Å². The number of benzene rings is 2. The third-order valence-corrected chi connectivity index (χ3v) is 4.18. The number of methoxy groups -OCH3 is 1. The molecule has 0 aliphatic carbocycles. The van der Waals surface area contributed by atoms with E-state index in [4.69, 9.17) is 9.26 Å². The summed E-state index contributed by atoms with van der Waals surface area (Å²) in [6.07, 6.45) is 1.65. The SMILES string of the molecule is COc1ccc(-c2noc(CCCC(=O)NCc3cccc(C)c3)n2)cc1. The van der Waals surface area contributed by atoms with Crippen molar-refractivity contribution in [3.05, 3.63) is 65.5 Å². The minimum Gasteiger partial charge on any atom is -0.497 e. The zero-order valence-electron chi connectivity index (χ0n) is 15.6. The van der Waals surface area contributed by atoms with E-state index in [1.807, 2.05) is 49.4 Å². The van der Waals surface area contributed by atoms with Crippen LogP contribution >= 0.6 is 0 Å². The topological polar surface area (TPSA) is 77.2 Å². The van der Waals surface area contributed by atoms with Gasteiger partial charge in [-0.15, -0.1) is 0 Å². The van der Waals surface area contributed by atoms with Crippen molar-refractivity contribution < 1.29 is 14.1 Å². The molecule has 6 heteroatoms. The van der Waals surface area contributed by atoms with Gasteiger partial charge in [0.15, 0.2) is 0 Å². The van der Waals surface area contributed by atoms with Crippen LogP contribution in [0.4, 0.5) is 0 Å². The molecule has 6 nitrogen and oxygen atoms in total. The van der Waals surface area contributed by atoms with E-state index in [0.717, 1.165) is 16.9 Å². The van der Waals surface area contributed by atoms with E-state index in [1.54, 1.807) is 7.11 Å². The predicted octanol–water partition coefficient (Wildman–Crippen LogP) is 3.69. The molecule has 1 amide bonds. The van der Waals surface area contributed by atoms with Crippen LogP contribution in [0.1, 0.15) is 29.9 Å². The van der Waals surface area contributed by atoms with E-state index in [-0.39, 0.29) is 5.91 Å². The molecular formula is C21H23N3O3. The van der Waals surface area contributed by atoms with Crippen molar-refractivity contribution in [3.8, 4) is 17.1 Å². The van der Waals surface area contributed by atoms with Crippen molar-refractivity contribution >= 4 is 5.91 Å². The van der Waals surface area contributed by atoms with Crippen LogP contribution < -0.4 is 10.1 Å². The van der Waals surface area contributed by atoms with Crippen LogP contribution in [0.3, 0.4) is 0 Å². The van der Waals surface area contributed by atoms with Gasteiger partial charge in [-0.1, -0.05) is 35.0 Å². The minimum absolute atomic E-state index is 0.0198. The standard InChI is InChI=1S/C21H23N3O3/c1-15-5-3-6-16(13-15)14-22-19(25)7-4-8-20-23-21(24-27-20)17-9-11-18(26-2)12-10-17/h3,5-6,9-13H,4,7-8,14H2,1-2H3,(H,22,25). The fourth-order valence-electron chi connectivity index (χ4n) is 2.73. The summed E-state index contributed by atoms with van der Waals surface area (Å²) >= 11 is 0. The maximum absolute atomic E-state index is 12.0. The van der Waals surface area contributed by atoms with Crippen LogP contribution in [-0.2, 0) is 17.8 Å². The number of hydrogen-bond donors (Lipinski definition) is 1. The Kier molecular flexibility index (Phi) is 6.20. The van der Waals surface area contributed by atoms with Crippen molar-refractivity contribution in [2.75, 3.05) is 7.11 Å². The Bertz CT molecular complexity index is 888. The highest BCUT2D eigenvalue weighted by molar-refractivity contribution is 5.75. The fraction of sp³-hybridized carbons (Fsp3) is 0.286. The molecule has 0 aliphatic rings. The smallest absolute Gasteiger partial charge is 0.226 e. The first-order valence-electron chi connectivity index (χ1n) is 8.93. The summed E-state index contributed by atoms with van der Waals surface area (Å²) in [6, 6.07) is 15.6. The van der Waals surface area contributed by atoms with Crippen molar-refractivity contribution in [1.29, 1.82) is 0 Å². The van der Waals surface area contributed by atoms with Gasteiger partial charge in [0.05, 0.1) is 7.11 Å². The molecule has 140 valence electrons. The van der Waals surface area contributed by atoms with E-state index in [2.05, 4.69) is 21.5 Å². The molecule has 2 aromatic carbocycles. The number of hydrogen-bond acceptors (Lipinski definition) is 5. The number of nitrogens with zero attached hydrogens (tertiary/aromatic N) is 2. The van der Waals surface area contributed by atoms with Gasteiger partial charge in [0.1, 0.15) is 5.75 Å². The maximum Gasteiger partial charge on any atom is 0.226 e. The van der Waals surface area contributed by atoms with Crippen LogP contribution in [0.15, 0.2) is 53.1 Å². The Morgan fingerprint density at radius 3 is 2.74 bits per heavy atom. The number of aryl methyl sites for hydroxylation is 2. The molecule has 27 heavy (non-hydrogen) atoms. The summed E-state index contributed by atoms with van der Waals surface area (Å²) in [5, 5.41) is 6.93. The molecule has 0 unspecified atom stereocenters. The number of nitrogens with one attached hydrogen (secondary N) is 1. The predicted molar refractivity (Wildman–Crippen MR) is 102 cm³/mol. The molecule has 1 N–H and O–H groups in total. The van der Waals surface area contributed by atoms with Gasteiger partial charge in [-0.05, 0) is 43.2 Å². The number of amides is 1. The molecule has 0 saturated heterocycles. The number of aromatic nitrogens is 2. The lowest BCUT2D eigenvalue weighted by Crippen LogP contribution is -2.22. The Balaban J connectivity index is 1.43. The molecular weight excluding hydrogens is 342 g/mol. The van der Waals surface area contributed by atoms with E-state index in [9.17, 15) is 4.79 Å². The zero-order chi connectivity index (χ0) is 19.1. The number of carbonyl (C=O) groups is 1. The summed E-state index contributed by atoms with van der Waals surface area (Å²) in [5.41, 5.74) is 3.15. The van der Waals surface area contributed by atoms with Gasteiger partial charge in [0, 0.05) is 24.9 Å². The van der Waals surface area contributed by atoms with Gasteiger partial charge in [0.2, 0.25) is 17.6 Å². The lowest BCUT2D eigenvalue weighted by Gasteiger charge is -2.05. The van der Waals surface area contributed by atoms with E-state index in [0.29, 0.717) is 37.5 Å². The second-order valence-corrected chi connectivity index (χ2v) is 6.36. The summed E-state index contributed by atoms with van der Waals surface area (Å²) in [6.45, 7) is 2.58. The van der Waals surface area contributed by atoms with Crippen molar-refractivity contribution in [2.45, 2.75) is 32.7 Å². The first-order valence-corrected chi connectivity index (χ1v) is 8.93. The lowest BCUT2D eigenvalue weighted by atomic mass is 10.1. The molecule has 0 saturated carbocycles. The molecule has 0 spiro atoms. The molecule has 0 fully saturated rings. The Labute approximate surface area is 158 Å². The molecule has 1 aromatic heterocycles. The van der Waals surface area contributed by atoms with Gasteiger partial charge in [-0.2, -0.15) is 4.98 Å². The van der Waals surface area contributed by atoms with Crippen molar-refractivity contribution in [1.82, 2.24) is 15.5 Å². The van der Waals surface area contributed by atoms with Gasteiger partial charge in [-0.25, -0.2) is 0 Å². The molecule has 3 rings (SSSR count). The van der Waals surface area contributed by atoms with Gasteiger partial charge < -0.3 is 14.6 Å². The van der Waals surface area contributed by atoms with Crippen molar-refractivity contribution in [2.24, 2.45) is 0 Å². The molecule has 0 aliphatic heterocycles. The average molecular weight is 365 g/mol. The van der Waals surface area contributed by atoms with Crippen LogP contribution in [-0.4, -0.2) is 23.2 Å². The minimum atomic E-state index is 0.0198. The van der Waals surface area contributed by atoms with E-state index < -0.39 is 0 Å². The molecule has 0 radical (unpaired) electrons. The quantitative estimate of drug-likeness (QED) is 0.659. The Hall–Kier alpha value is -3.15. The van der Waals surface area contributed by atoms with Gasteiger partial charge >= 0.3 is 0 Å². The Morgan fingerprint density at radius 2 is 2.00 bits per heavy atom. The normalized spacial score (nSPS) is 10.6. The molecule has 0 atom stereocenters. The second kappa shape index (κ2) is 8.98. The number of carbonyl (C=O) groups excluding carboxylic acids is 1. The van der Waals surface area contributed by atoms with Gasteiger partial charge in [-0.3, -0.25) is 4.79 Å². The summed E-state index contributed by atoms with van der Waals surface area (Å²) in [5.74, 6) is 1.87.